The summed E-state index contributed by atoms with van der Waals surface area (Å²) in [6.07, 6.45) is -0.799. The van der Waals surface area contributed by atoms with E-state index in [0.717, 1.165) is 10.5 Å². The van der Waals surface area contributed by atoms with E-state index in [1.54, 1.807) is 24.3 Å². The number of hydrogen-bond acceptors (Lipinski definition) is 6. The summed E-state index contributed by atoms with van der Waals surface area (Å²) in [5.41, 5.74) is 1.23. The van der Waals surface area contributed by atoms with Crippen LogP contribution in [0.25, 0.3) is 0 Å². The van der Waals surface area contributed by atoms with Crippen LogP contribution in [0.4, 0.5) is 10.5 Å². The van der Waals surface area contributed by atoms with Gasteiger partial charge in [0.25, 0.3) is 5.91 Å². The standard InChI is InChI=1S/C23H28N2O7/c1-31-19-12-10-18(11-13-19)25(15-21(27)28)22(29)20(26)9-5-6-14-24-23(30)32-16-17-7-3-2-4-8-17/h2-4,7-8,10-13,20,26H,5-6,9,14-16H2,1H3,(H,24,30)(H,27,28). The maximum Gasteiger partial charge on any atom is 0.407 e. The molecule has 0 spiro atoms. The van der Waals surface area contributed by atoms with E-state index in [2.05, 4.69) is 5.32 Å². The van der Waals surface area contributed by atoms with Crippen LogP contribution in [0.2, 0.25) is 0 Å². The molecule has 0 bridgehead atoms. The number of carboxylic acid groups (broad SMARTS) is 1. The van der Waals surface area contributed by atoms with Crippen LogP contribution in [-0.2, 0) is 20.9 Å². The van der Waals surface area contributed by atoms with Crippen LogP contribution in [-0.4, -0.2) is 54.5 Å². The fourth-order valence-electron chi connectivity index (χ4n) is 2.92. The molecule has 0 saturated heterocycles. The van der Waals surface area contributed by atoms with Crippen LogP contribution in [0, 0.1) is 0 Å². The quantitative estimate of drug-likeness (QED) is 0.430. The number of carbonyl (C=O) groups is 3. The van der Waals surface area contributed by atoms with Gasteiger partial charge in [-0.15, -0.1) is 0 Å². The Morgan fingerprint density at radius 3 is 2.34 bits per heavy atom. The molecule has 0 aliphatic heterocycles. The van der Waals surface area contributed by atoms with E-state index < -0.39 is 30.6 Å². The number of hydrogen-bond donors (Lipinski definition) is 3. The molecular weight excluding hydrogens is 416 g/mol. The number of ether oxygens (including phenoxy) is 2. The van der Waals surface area contributed by atoms with Crippen LogP contribution in [0.5, 0.6) is 5.75 Å². The van der Waals surface area contributed by atoms with Crippen molar-refractivity contribution in [3.05, 3.63) is 60.2 Å². The molecule has 9 nitrogen and oxygen atoms in total. The number of aliphatic hydroxyl groups is 1. The molecule has 2 aromatic carbocycles. The first-order chi connectivity index (χ1) is 15.4. The zero-order chi connectivity index (χ0) is 23.3. The van der Waals surface area contributed by atoms with E-state index in [0.29, 0.717) is 30.8 Å². The van der Waals surface area contributed by atoms with Gasteiger partial charge in [-0.25, -0.2) is 4.79 Å². The summed E-state index contributed by atoms with van der Waals surface area (Å²) in [7, 11) is 1.50. The number of alkyl carbamates (subject to hydrolysis) is 1. The number of anilines is 1. The zero-order valence-corrected chi connectivity index (χ0v) is 17.9. The van der Waals surface area contributed by atoms with Crippen molar-refractivity contribution in [1.82, 2.24) is 5.32 Å². The molecule has 0 aromatic heterocycles. The SMILES string of the molecule is COc1ccc(N(CC(=O)O)C(=O)C(O)CCCCNC(=O)OCc2ccccc2)cc1. The van der Waals surface area contributed by atoms with Crippen molar-refractivity contribution < 1.29 is 34.1 Å². The maximum atomic E-state index is 12.6. The van der Waals surface area contributed by atoms with Crippen LogP contribution in [0.15, 0.2) is 54.6 Å². The van der Waals surface area contributed by atoms with E-state index in [-0.39, 0.29) is 13.0 Å². The van der Waals surface area contributed by atoms with Crippen molar-refractivity contribution in [1.29, 1.82) is 0 Å². The van der Waals surface area contributed by atoms with Gasteiger partial charge in [0.15, 0.2) is 0 Å². The molecule has 0 aliphatic carbocycles. The summed E-state index contributed by atoms with van der Waals surface area (Å²) in [5, 5.41) is 22.0. The number of methoxy groups -OCH3 is 1. The van der Waals surface area contributed by atoms with Crippen molar-refractivity contribution in [2.45, 2.75) is 32.0 Å². The molecule has 1 unspecified atom stereocenters. The Kier molecular flexibility index (Phi) is 9.99. The molecule has 2 rings (SSSR count). The lowest BCUT2D eigenvalue weighted by Crippen LogP contribution is -2.42. The number of nitrogens with one attached hydrogen (secondary N) is 1. The predicted molar refractivity (Wildman–Crippen MR) is 117 cm³/mol. The first-order valence-corrected chi connectivity index (χ1v) is 10.2. The van der Waals surface area contributed by atoms with Crippen molar-refractivity contribution in [3.63, 3.8) is 0 Å². The second kappa shape index (κ2) is 13.0. The van der Waals surface area contributed by atoms with Crippen LogP contribution < -0.4 is 15.0 Å². The molecule has 2 amide bonds. The highest BCUT2D eigenvalue weighted by molar-refractivity contribution is 5.99. The number of nitrogens with zero attached hydrogens (tertiary/aromatic N) is 1. The molecule has 9 heteroatoms. The third-order valence-corrected chi connectivity index (χ3v) is 4.61. The second-order valence-electron chi connectivity index (χ2n) is 7.02. The summed E-state index contributed by atoms with van der Waals surface area (Å²) in [4.78, 5) is 36.5. The predicted octanol–water partition coefficient (Wildman–Crippen LogP) is 2.57. The largest absolute Gasteiger partial charge is 0.497 e. The Labute approximate surface area is 186 Å². The molecule has 32 heavy (non-hydrogen) atoms. The molecule has 0 heterocycles. The highest BCUT2D eigenvalue weighted by Crippen LogP contribution is 2.20. The average Bonchev–Trinajstić information content (AvgIpc) is 2.81. The number of carbonyl (C=O) groups excluding carboxylic acids is 2. The van der Waals surface area contributed by atoms with Gasteiger partial charge in [-0.2, -0.15) is 0 Å². The number of aliphatic carboxylic acids is 1. The van der Waals surface area contributed by atoms with Crippen LogP contribution >= 0.6 is 0 Å². The third-order valence-electron chi connectivity index (χ3n) is 4.61. The molecule has 0 saturated carbocycles. The Hall–Kier alpha value is -3.59. The van der Waals surface area contributed by atoms with Gasteiger partial charge in [0.2, 0.25) is 0 Å². The summed E-state index contributed by atoms with van der Waals surface area (Å²) in [6.45, 7) is -0.0758. The van der Waals surface area contributed by atoms with Gasteiger partial charge < -0.3 is 25.0 Å². The van der Waals surface area contributed by atoms with E-state index in [1.165, 1.54) is 7.11 Å². The minimum absolute atomic E-state index is 0.131. The smallest absolute Gasteiger partial charge is 0.407 e. The Balaban J connectivity index is 1.74. The van der Waals surface area contributed by atoms with Gasteiger partial charge in [-0.3, -0.25) is 14.5 Å². The van der Waals surface area contributed by atoms with Gasteiger partial charge in [0, 0.05) is 12.2 Å². The number of rotatable bonds is 12. The Morgan fingerprint density at radius 1 is 1.03 bits per heavy atom. The first kappa shape index (κ1) is 24.7. The van der Waals surface area contributed by atoms with E-state index >= 15 is 0 Å². The van der Waals surface area contributed by atoms with Gasteiger partial charge in [-0.1, -0.05) is 30.3 Å². The van der Waals surface area contributed by atoms with Crippen LogP contribution in [0.1, 0.15) is 24.8 Å². The lowest BCUT2D eigenvalue weighted by molar-refractivity contribution is -0.137. The van der Waals surface area contributed by atoms with E-state index in [1.807, 2.05) is 30.3 Å². The number of amides is 2. The summed E-state index contributed by atoms with van der Waals surface area (Å²) in [5.74, 6) is -1.33. The topological polar surface area (TPSA) is 125 Å². The Bertz CT molecular complexity index is 872. The molecule has 2 aromatic rings. The molecule has 172 valence electrons. The van der Waals surface area contributed by atoms with E-state index in [9.17, 15) is 19.5 Å². The summed E-state index contributed by atoms with van der Waals surface area (Å²) >= 11 is 0. The summed E-state index contributed by atoms with van der Waals surface area (Å²) < 4.78 is 10.2. The molecule has 0 radical (unpaired) electrons. The molecule has 1 atom stereocenters. The molecule has 0 aliphatic rings. The minimum atomic E-state index is -1.36. The molecule has 3 N–H and O–H groups in total. The lowest BCUT2D eigenvalue weighted by Gasteiger charge is -2.24. The summed E-state index contributed by atoms with van der Waals surface area (Å²) in [6, 6.07) is 15.6. The highest BCUT2D eigenvalue weighted by Gasteiger charge is 2.25. The number of aliphatic hydroxyl groups excluding tert-OH is 1. The first-order valence-electron chi connectivity index (χ1n) is 10.2. The fraction of sp³-hybridized carbons (Fsp3) is 0.348. The van der Waals surface area contributed by atoms with Gasteiger partial charge in [-0.05, 0) is 49.1 Å². The van der Waals surface area contributed by atoms with Gasteiger partial charge >= 0.3 is 12.1 Å². The van der Waals surface area contributed by atoms with Gasteiger partial charge in [0.1, 0.15) is 25.0 Å². The lowest BCUT2D eigenvalue weighted by atomic mass is 10.1. The Morgan fingerprint density at radius 2 is 1.72 bits per heavy atom. The highest BCUT2D eigenvalue weighted by atomic mass is 16.5. The number of carboxylic acids is 1. The maximum absolute atomic E-state index is 12.6. The second-order valence-corrected chi connectivity index (χ2v) is 7.02. The van der Waals surface area contributed by atoms with Crippen molar-refractivity contribution in [3.8, 4) is 5.75 Å². The van der Waals surface area contributed by atoms with Crippen LogP contribution in [0.3, 0.4) is 0 Å². The minimum Gasteiger partial charge on any atom is -0.497 e. The average molecular weight is 444 g/mol. The van der Waals surface area contributed by atoms with Crippen molar-refractivity contribution >= 4 is 23.7 Å². The normalized spacial score (nSPS) is 11.3. The molecular formula is C23H28N2O7. The molecule has 0 fully saturated rings. The monoisotopic (exact) mass is 444 g/mol. The fourth-order valence-corrected chi connectivity index (χ4v) is 2.92. The third kappa shape index (κ3) is 8.27. The van der Waals surface area contributed by atoms with Crippen molar-refractivity contribution in [2.75, 3.05) is 25.1 Å². The van der Waals surface area contributed by atoms with Gasteiger partial charge in [0.05, 0.1) is 7.11 Å². The van der Waals surface area contributed by atoms with Crippen molar-refractivity contribution in [2.24, 2.45) is 0 Å². The zero-order valence-electron chi connectivity index (χ0n) is 17.9. The van der Waals surface area contributed by atoms with E-state index in [4.69, 9.17) is 14.6 Å². The number of benzene rings is 2. The number of unbranched alkanes of at least 4 members (excludes halogenated alkanes) is 1.